The molecule has 2 aliphatic rings. The Labute approximate surface area is 142 Å². The van der Waals surface area contributed by atoms with Crippen LogP contribution in [0.1, 0.15) is 21.7 Å². The Kier molecular flexibility index (Phi) is 3.90. The zero-order chi connectivity index (χ0) is 16.8. The molecule has 24 heavy (non-hydrogen) atoms. The highest BCUT2D eigenvalue weighted by molar-refractivity contribution is 7.20. The number of hydrogen-bond donors (Lipinski definition) is 2. The monoisotopic (exact) mass is 349 g/mol. The standard InChI is InChI=1S/C16H19N3O4S/c1-7-10-14(20)17-6-18-16(10)24-13(7)15(21)19-11-8-3-4-23-12(8)9(11)5-22-2/h6,8-9,11-12H,3-5H2,1-2H3,(H,19,21)(H,17,18,20)/t8-,9-,11-,12-/m0/s1. The van der Waals surface area contributed by atoms with Crippen molar-refractivity contribution in [2.24, 2.45) is 11.8 Å². The summed E-state index contributed by atoms with van der Waals surface area (Å²) < 4.78 is 11.0. The van der Waals surface area contributed by atoms with E-state index < -0.39 is 0 Å². The topological polar surface area (TPSA) is 93.3 Å². The van der Waals surface area contributed by atoms with Crippen LogP contribution >= 0.6 is 11.3 Å². The highest BCUT2D eigenvalue weighted by Gasteiger charge is 2.54. The lowest BCUT2D eigenvalue weighted by Gasteiger charge is -2.47. The van der Waals surface area contributed by atoms with Crippen LogP contribution in [0.3, 0.4) is 0 Å². The summed E-state index contributed by atoms with van der Waals surface area (Å²) in [6.45, 7) is 3.10. The van der Waals surface area contributed by atoms with E-state index >= 15 is 0 Å². The van der Waals surface area contributed by atoms with Crippen LogP contribution in [0.4, 0.5) is 0 Å². The molecule has 1 saturated carbocycles. The summed E-state index contributed by atoms with van der Waals surface area (Å²) in [7, 11) is 1.66. The van der Waals surface area contributed by atoms with Gasteiger partial charge in [-0.25, -0.2) is 4.98 Å². The third-order valence-electron chi connectivity index (χ3n) is 5.12. The maximum atomic E-state index is 12.8. The molecule has 2 aromatic rings. The van der Waals surface area contributed by atoms with Gasteiger partial charge in [0.15, 0.2) is 0 Å². The van der Waals surface area contributed by atoms with Gasteiger partial charge < -0.3 is 19.8 Å². The average Bonchev–Trinajstić information content (AvgIpc) is 3.13. The van der Waals surface area contributed by atoms with Gasteiger partial charge in [-0.3, -0.25) is 9.59 Å². The number of methoxy groups -OCH3 is 1. The van der Waals surface area contributed by atoms with E-state index in [0.29, 0.717) is 33.2 Å². The van der Waals surface area contributed by atoms with Gasteiger partial charge in [0.1, 0.15) is 4.83 Å². The highest BCUT2D eigenvalue weighted by Crippen LogP contribution is 2.44. The van der Waals surface area contributed by atoms with E-state index in [2.05, 4.69) is 15.3 Å². The molecule has 1 saturated heterocycles. The van der Waals surface area contributed by atoms with Crippen molar-refractivity contribution < 1.29 is 14.3 Å². The number of rotatable bonds is 4. The number of aromatic nitrogens is 2. The van der Waals surface area contributed by atoms with Gasteiger partial charge >= 0.3 is 0 Å². The first-order valence-electron chi connectivity index (χ1n) is 8.00. The summed E-state index contributed by atoms with van der Waals surface area (Å²) >= 11 is 1.26. The van der Waals surface area contributed by atoms with E-state index in [1.165, 1.54) is 17.7 Å². The lowest BCUT2D eigenvalue weighted by atomic mass is 9.67. The van der Waals surface area contributed by atoms with Gasteiger partial charge in [0.25, 0.3) is 11.5 Å². The smallest absolute Gasteiger partial charge is 0.261 e. The van der Waals surface area contributed by atoms with Gasteiger partial charge in [-0.05, 0) is 18.9 Å². The number of ether oxygens (including phenoxy) is 2. The minimum absolute atomic E-state index is 0.0563. The first-order chi connectivity index (χ1) is 11.6. The Morgan fingerprint density at radius 1 is 1.58 bits per heavy atom. The van der Waals surface area contributed by atoms with Gasteiger partial charge in [-0.15, -0.1) is 11.3 Å². The van der Waals surface area contributed by atoms with E-state index in [4.69, 9.17) is 9.47 Å². The summed E-state index contributed by atoms with van der Waals surface area (Å²) in [5.74, 6) is 0.388. The Bertz CT molecular complexity index is 845. The lowest BCUT2D eigenvalue weighted by Crippen LogP contribution is -2.62. The molecule has 1 amide bonds. The van der Waals surface area contributed by atoms with Crippen molar-refractivity contribution in [3.63, 3.8) is 0 Å². The second-order valence-corrected chi connectivity index (χ2v) is 7.37. The Morgan fingerprint density at radius 3 is 3.17 bits per heavy atom. The quantitative estimate of drug-likeness (QED) is 0.861. The average molecular weight is 349 g/mol. The molecule has 4 rings (SSSR count). The third-order valence-corrected chi connectivity index (χ3v) is 6.32. The maximum Gasteiger partial charge on any atom is 0.261 e. The van der Waals surface area contributed by atoms with Crippen molar-refractivity contribution in [3.8, 4) is 0 Å². The van der Waals surface area contributed by atoms with Crippen LogP contribution in [0.25, 0.3) is 10.2 Å². The van der Waals surface area contributed by atoms with E-state index in [0.717, 1.165) is 13.0 Å². The zero-order valence-corrected chi connectivity index (χ0v) is 14.3. The minimum atomic E-state index is -0.210. The minimum Gasteiger partial charge on any atom is -0.384 e. The predicted octanol–water partition coefficient (Wildman–Crippen LogP) is 1.07. The molecule has 2 fully saturated rings. The molecule has 128 valence electrons. The fraction of sp³-hybridized carbons (Fsp3) is 0.562. The van der Waals surface area contributed by atoms with Gasteiger partial charge in [0, 0.05) is 31.6 Å². The number of aromatic amines is 1. The van der Waals surface area contributed by atoms with Crippen molar-refractivity contribution in [2.45, 2.75) is 25.5 Å². The van der Waals surface area contributed by atoms with Crippen LogP contribution in [0.5, 0.6) is 0 Å². The van der Waals surface area contributed by atoms with Crippen molar-refractivity contribution in [3.05, 3.63) is 27.1 Å². The Morgan fingerprint density at radius 2 is 2.42 bits per heavy atom. The normalized spacial score (nSPS) is 28.6. The molecular formula is C16H19N3O4S. The third kappa shape index (κ3) is 2.28. The molecule has 0 bridgehead atoms. The number of aryl methyl sites for hydroxylation is 1. The molecule has 0 aromatic carbocycles. The van der Waals surface area contributed by atoms with Crippen LogP contribution < -0.4 is 10.9 Å². The predicted molar refractivity (Wildman–Crippen MR) is 89.4 cm³/mol. The number of H-pyrrole nitrogens is 1. The van der Waals surface area contributed by atoms with Crippen molar-refractivity contribution in [2.75, 3.05) is 20.3 Å². The van der Waals surface area contributed by atoms with Gasteiger partial charge in [0.05, 0.1) is 29.3 Å². The number of thiophene rings is 1. The van der Waals surface area contributed by atoms with Gasteiger partial charge in [-0.1, -0.05) is 0 Å². The lowest BCUT2D eigenvalue weighted by molar-refractivity contribution is -0.0809. The SMILES string of the molecule is COC[C@H]1[C@@H](NC(=O)c2sc3nc[nH]c(=O)c3c2C)[C@@H]2CCO[C@@H]21. The largest absolute Gasteiger partial charge is 0.384 e. The first-order valence-corrected chi connectivity index (χ1v) is 8.81. The van der Waals surface area contributed by atoms with Crippen LogP contribution in [0, 0.1) is 18.8 Å². The fourth-order valence-electron chi connectivity index (χ4n) is 3.95. The van der Waals surface area contributed by atoms with Crippen LogP contribution in [-0.2, 0) is 9.47 Å². The second kappa shape index (κ2) is 5.94. The molecule has 2 aromatic heterocycles. The van der Waals surface area contributed by atoms with E-state index in [1.54, 1.807) is 14.0 Å². The molecular weight excluding hydrogens is 330 g/mol. The van der Waals surface area contributed by atoms with Gasteiger partial charge in [-0.2, -0.15) is 0 Å². The molecule has 7 nitrogen and oxygen atoms in total. The van der Waals surface area contributed by atoms with Crippen LogP contribution in [-0.4, -0.2) is 48.3 Å². The number of amides is 1. The summed E-state index contributed by atoms with van der Waals surface area (Å²) in [5, 5.41) is 3.63. The highest BCUT2D eigenvalue weighted by atomic mass is 32.1. The number of nitrogens with one attached hydrogen (secondary N) is 2. The summed E-state index contributed by atoms with van der Waals surface area (Å²) in [5.41, 5.74) is 0.474. The fourth-order valence-corrected chi connectivity index (χ4v) is 5.00. The number of fused-ring (bicyclic) bond motifs is 2. The molecule has 3 heterocycles. The van der Waals surface area contributed by atoms with E-state index in [1.807, 2.05) is 0 Å². The zero-order valence-electron chi connectivity index (χ0n) is 13.5. The molecule has 0 radical (unpaired) electrons. The second-order valence-electron chi connectivity index (χ2n) is 6.37. The number of nitrogens with zero attached hydrogens (tertiary/aromatic N) is 1. The molecule has 0 unspecified atom stereocenters. The van der Waals surface area contributed by atoms with E-state index in [9.17, 15) is 9.59 Å². The molecule has 0 spiro atoms. The number of carbonyl (C=O) groups excluding carboxylic acids is 1. The van der Waals surface area contributed by atoms with Crippen molar-refractivity contribution in [1.29, 1.82) is 0 Å². The van der Waals surface area contributed by atoms with Crippen LogP contribution in [0.15, 0.2) is 11.1 Å². The molecule has 1 aliphatic carbocycles. The molecule has 8 heteroatoms. The van der Waals surface area contributed by atoms with E-state index in [-0.39, 0.29) is 29.5 Å². The molecule has 4 atom stereocenters. The van der Waals surface area contributed by atoms with Crippen molar-refractivity contribution in [1.82, 2.24) is 15.3 Å². The summed E-state index contributed by atoms with van der Waals surface area (Å²) in [6, 6.07) is 0.0563. The maximum absolute atomic E-state index is 12.8. The molecule has 2 N–H and O–H groups in total. The molecule has 1 aliphatic heterocycles. The number of hydrogen-bond acceptors (Lipinski definition) is 6. The summed E-state index contributed by atoms with van der Waals surface area (Å²) in [4.78, 5) is 32.6. The van der Waals surface area contributed by atoms with Crippen LogP contribution in [0.2, 0.25) is 0 Å². The Hall–Kier alpha value is -1.77. The van der Waals surface area contributed by atoms with Gasteiger partial charge in [0.2, 0.25) is 0 Å². The number of carbonyl (C=O) groups is 1. The first kappa shape index (κ1) is 15.7. The van der Waals surface area contributed by atoms with Crippen molar-refractivity contribution >= 4 is 27.5 Å². The summed E-state index contributed by atoms with van der Waals surface area (Å²) in [6.07, 6.45) is 2.51. The Balaban J connectivity index is 1.59.